The molecule has 0 saturated carbocycles. The third-order valence-electron chi connectivity index (χ3n) is 3.33. The van der Waals surface area contributed by atoms with Crippen molar-refractivity contribution in [3.8, 4) is 11.5 Å². The van der Waals surface area contributed by atoms with E-state index in [1.807, 2.05) is 12.1 Å². The van der Waals surface area contributed by atoms with Crippen LogP contribution in [0, 0.1) is 0 Å². The minimum absolute atomic E-state index is 0.0284. The highest BCUT2D eigenvalue weighted by Crippen LogP contribution is 2.42. The summed E-state index contributed by atoms with van der Waals surface area (Å²) in [5, 5.41) is 14.2. The number of aliphatic hydroxyl groups is 1. The first kappa shape index (κ1) is 18.3. The molecule has 0 aromatic heterocycles. The van der Waals surface area contributed by atoms with Crippen LogP contribution < -0.4 is 14.8 Å². The van der Waals surface area contributed by atoms with Crippen LogP contribution in [-0.2, 0) is 5.60 Å². The van der Waals surface area contributed by atoms with Gasteiger partial charge in [0.25, 0.3) is 0 Å². The highest BCUT2D eigenvalue weighted by Gasteiger charge is 2.29. The molecule has 0 amide bonds. The van der Waals surface area contributed by atoms with E-state index >= 15 is 0 Å². The molecule has 0 fully saturated rings. The van der Waals surface area contributed by atoms with Crippen molar-refractivity contribution in [3.63, 3.8) is 0 Å². The molecule has 0 aliphatic heterocycles. The van der Waals surface area contributed by atoms with Crippen LogP contribution >= 0.6 is 15.9 Å². The van der Waals surface area contributed by atoms with Gasteiger partial charge in [-0.3, -0.25) is 0 Å². The van der Waals surface area contributed by atoms with Crippen LogP contribution in [0.5, 0.6) is 11.5 Å². The lowest BCUT2D eigenvalue weighted by Gasteiger charge is -2.29. The number of hydrogen-bond donors (Lipinski definition) is 2. The number of nitrogens with one attached hydrogen (secondary N) is 1. The lowest BCUT2D eigenvalue weighted by atomic mass is 9.91. The first-order valence-electron chi connectivity index (χ1n) is 7.01. The molecule has 4 nitrogen and oxygen atoms in total. The maximum absolute atomic E-state index is 10.8. The lowest BCUT2D eigenvalue weighted by Crippen LogP contribution is -2.39. The van der Waals surface area contributed by atoms with Crippen molar-refractivity contribution in [1.29, 1.82) is 0 Å². The van der Waals surface area contributed by atoms with Crippen molar-refractivity contribution in [3.05, 3.63) is 22.2 Å². The van der Waals surface area contributed by atoms with Gasteiger partial charge in [-0.25, -0.2) is 0 Å². The monoisotopic (exact) mass is 359 g/mol. The first-order chi connectivity index (χ1) is 9.62. The smallest absolute Gasteiger partial charge is 0.142 e. The number of methoxy groups -OCH3 is 2. The molecular weight excluding hydrogens is 334 g/mol. The average Bonchev–Trinajstić information content (AvgIpc) is 2.36. The van der Waals surface area contributed by atoms with Crippen LogP contribution in [0.3, 0.4) is 0 Å². The quantitative estimate of drug-likeness (QED) is 0.816. The highest BCUT2D eigenvalue weighted by atomic mass is 79.9. The van der Waals surface area contributed by atoms with E-state index < -0.39 is 5.60 Å². The Labute approximate surface area is 136 Å². The molecule has 1 aromatic rings. The second-order valence-electron chi connectivity index (χ2n) is 6.36. The summed E-state index contributed by atoms with van der Waals surface area (Å²) in [5.41, 5.74) is -0.215. The Morgan fingerprint density at radius 3 is 2.24 bits per heavy atom. The van der Waals surface area contributed by atoms with Gasteiger partial charge >= 0.3 is 0 Å². The zero-order chi connectivity index (χ0) is 16.3. The Kier molecular flexibility index (Phi) is 6.08. The summed E-state index contributed by atoms with van der Waals surface area (Å²) in [7, 11) is 3.19. The highest BCUT2D eigenvalue weighted by molar-refractivity contribution is 9.10. The number of ether oxygens (including phenoxy) is 2. The molecule has 1 aromatic carbocycles. The molecule has 2 N–H and O–H groups in total. The summed E-state index contributed by atoms with van der Waals surface area (Å²) < 4.78 is 11.4. The van der Waals surface area contributed by atoms with Gasteiger partial charge in [0, 0.05) is 11.1 Å². The minimum Gasteiger partial charge on any atom is -0.495 e. The predicted molar refractivity (Wildman–Crippen MR) is 89.2 cm³/mol. The second kappa shape index (κ2) is 6.99. The zero-order valence-electron chi connectivity index (χ0n) is 13.7. The summed E-state index contributed by atoms with van der Waals surface area (Å²) in [6, 6.07) is 3.67. The fourth-order valence-electron chi connectivity index (χ4n) is 2.13. The van der Waals surface area contributed by atoms with Gasteiger partial charge in [-0.05, 0) is 68.7 Å². The summed E-state index contributed by atoms with van der Waals surface area (Å²) in [5.74, 6) is 1.29. The van der Waals surface area contributed by atoms with Gasteiger partial charge < -0.3 is 19.9 Å². The van der Waals surface area contributed by atoms with Crippen molar-refractivity contribution < 1.29 is 14.6 Å². The molecule has 0 aliphatic rings. The molecule has 0 bridgehead atoms. The third-order valence-corrected chi connectivity index (χ3v) is 4.08. The van der Waals surface area contributed by atoms with Crippen molar-refractivity contribution in [2.24, 2.45) is 0 Å². The normalized spacial score (nSPS) is 14.7. The minimum atomic E-state index is -0.988. The van der Waals surface area contributed by atoms with E-state index in [1.54, 1.807) is 21.1 Å². The molecule has 1 atom stereocenters. The van der Waals surface area contributed by atoms with Crippen molar-refractivity contribution in [2.45, 2.75) is 45.3 Å². The van der Waals surface area contributed by atoms with Gasteiger partial charge in [0.2, 0.25) is 0 Å². The van der Waals surface area contributed by atoms with Crippen molar-refractivity contribution in [2.75, 3.05) is 20.8 Å². The Hall–Kier alpha value is -0.780. The summed E-state index contributed by atoms with van der Waals surface area (Å²) in [4.78, 5) is 0. The Morgan fingerprint density at radius 2 is 1.76 bits per heavy atom. The molecule has 1 rings (SSSR count). The predicted octanol–water partition coefficient (Wildman–Crippen LogP) is 3.45. The second-order valence-corrected chi connectivity index (χ2v) is 7.16. The topological polar surface area (TPSA) is 50.7 Å². The molecular formula is C16H26BrNO3. The fraction of sp³-hybridized carbons (Fsp3) is 0.625. The maximum atomic E-state index is 10.8. The van der Waals surface area contributed by atoms with E-state index in [-0.39, 0.29) is 5.54 Å². The van der Waals surface area contributed by atoms with Crippen LogP contribution in [-0.4, -0.2) is 31.4 Å². The summed E-state index contributed by atoms with van der Waals surface area (Å²) in [6.07, 6.45) is 0.583. The van der Waals surface area contributed by atoms with Gasteiger partial charge in [-0.1, -0.05) is 0 Å². The molecule has 120 valence electrons. The molecule has 0 saturated heterocycles. The molecule has 1 unspecified atom stereocenters. The van der Waals surface area contributed by atoms with Crippen molar-refractivity contribution >= 4 is 15.9 Å². The Balaban J connectivity index is 2.99. The Morgan fingerprint density at radius 1 is 1.14 bits per heavy atom. The van der Waals surface area contributed by atoms with Crippen LogP contribution in [0.25, 0.3) is 0 Å². The summed E-state index contributed by atoms with van der Waals surface area (Å²) in [6.45, 7) is 8.82. The molecule has 0 spiro atoms. The third kappa shape index (κ3) is 4.87. The van der Waals surface area contributed by atoms with Crippen LogP contribution in [0.4, 0.5) is 0 Å². The van der Waals surface area contributed by atoms with Crippen LogP contribution in [0.2, 0.25) is 0 Å². The molecule has 0 aliphatic carbocycles. The van der Waals surface area contributed by atoms with Gasteiger partial charge in [-0.2, -0.15) is 0 Å². The van der Waals surface area contributed by atoms with E-state index in [4.69, 9.17) is 9.47 Å². The summed E-state index contributed by atoms with van der Waals surface area (Å²) >= 11 is 3.47. The molecule has 21 heavy (non-hydrogen) atoms. The van der Waals surface area contributed by atoms with Crippen molar-refractivity contribution in [1.82, 2.24) is 5.32 Å². The van der Waals surface area contributed by atoms with E-state index in [1.165, 1.54) is 0 Å². The molecule has 0 radical (unpaired) electrons. The van der Waals surface area contributed by atoms with Crippen LogP contribution in [0.1, 0.15) is 39.7 Å². The largest absolute Gasteiger partial charge is 0.495 e. The first-order valence-corrected chi connectivity index (χ1v) is 7.80. The van der Waals surface area contributed by atoms with Gasteiger partial charge in [0.05, 0.1) is 19.8 Å². The standard InChI is InChI=1S/C16H26BrNO3/c1-15(2,3)18-10-9-16(4,19)11-7-8-12(20-5)13(17)14(11)21-6/h7-8,18-19H,9-10H2,1-6H3. The SMILES string of the molecule is COc1ccc(C(C)(O)CCNC(C)(C)C)c(OC)c1Br. The van der Waals surface area contributed by atoms with Gasteiger partial charge in [0.1, 0.15) is 16.0 Å². The Bertz CT molecular complexity index is 481. The number of rotatable bonds is 6. The van der Waals surface area contributed by atoms with E-state index in [2.05, 4.69) is 42.0 Å². The van der Waals surface area contributed by atoms with Gasteiger partial charge in [-0.15, -0.1) is 0 Å². The number of halogens is 1. The van der Waals surface area contributed by atoms with Crippen LogP contribution in [0.15, 0.2) is 16.6 Å². The maximum Gasteiger partial charge on any atom is 0.142 e. The van der Waals surface area contributed by atoms with E-state index in [9.17, 15) is 5.11 Å². The van der Waals surface area contributed by atoms with Gasteiger partial charge in [0.15, 0.2) is 0 Å². The zero-order valence-corrected chi connectivity index (χ0v) is 15.3. The lowest BCUT2D eigenvalue weighted by molar-refractivity contribution is 0.0437. The molecule has 5 heteroatoms. The average molecular weight is 360 g/mol. The fourth-order valence-corrected chi connectivity index (χ4v) is 2.80. The van der Waals surface area contributed by atoms with E-state index in [0.717, 1.165) is 5.56 Å². The number of benzene rings is 1. The molecule has 0 heterocycles. The number of hydrogen-bond acceptors (Lipinski definition) is 4. The van der Waals surface area contributed by atoms with E-state index in [0.29, 0.717) is 28.9 Å².